The first-order valence-electron chi connectivity index (χ1n) is 8.70. The topological polar surface area (TPSA) is 65.0 Å². The number of carbonyl (C=O) groups excluding carboxylic acids is 1. The Morgan fingerprint density at radius 3 is 2.50 bits per heavy atom. The van der Waals surface area contributed by atoms with Gasteiger partial charge in [0.05, 0.1) is 23.5 Å². The molecule has 28 heavy (non-hydrogen) atoms. The fraction of sp³-hybridized carbons (Fsp3) is 0.143. The van der Waals surface area contributed by atoms with Gasteiger partial charge in [-0.15, -0.1) is 22.7 Å². The highest BCUT2D eigenvalue weighted by Crippen LogP contribution is 2.25. The third-order valence-electron chi connectivity index (χ3n) is 3.99. The number of aryl methyl sites for hydroxylation is 1. The molecule has 4 aromatic rings. The van der Waals surface area contributed by atoms with Crippen LogP contribution in [0.4, 0.5) is 0 Å². The summed E-state index contributed by atoms with van der Waals surface area (Å²) in [5.41, 5.74) is 4.52. The van der Waals surface area contributed by atoms with Gasteiger partial charge in [0.15, 0.2) is 0 Å². The Kier molecular flexibility index (Phi) is 5.55. The van der Waals surface area contributed by atoms with Gasteiger partial charge in [-0.25, -0.2) is 9.97 Å². The monoisotopic (exact) mass is 407 g/mol. The molecule has 3 heterocycles. The van der Waals surface area contributed by atoms with E-state index in [1.54, 1.807) is 17.5 Å². The molecule has 0 spiro atoms. The molecule has 0 saturated heterocycles. The van der Waals surface area contributed by atoms with Crippen LogP contribution in [-0.4, -0.2) is 20.9 Å². The van der Waals surface area contributed by atoms with Gasteiger partial charge in [-0.3, -0.25) is 9.78 Å². The van der Waals surface area contributed by atoms with Gasteiger partial charge in [-0.1, -0.05) is 35.9 Å². The van der Waals surface area contributed by atoms with Crippen molar-refractivity contribution in [1.82, 2.24) is 15.0 Å². The van der Waals surface area contributed by atoms with Gasteiger partial charge in [-0.2, -0.15) is 0 Å². The molecule has 0 aliphatic rings. The minimum absolute atomic E-state index is 0.137. The normalized spacial score (nSPS) is 10.8. The Balaban J connectivity index is 1.33. The van der Waals surface area contributed by atoms with Crippen LogP contribution in [0, 0.1) is 6.92 Å². The second-order valence-corrected chi connectivity index (χ2v) is 7.92. The van der Waals surface area contributed by atoms with Crippen LogP contribution in [0.3, 0.4) is 0 Å². The fourth-order valence-corrected chi connectivity index (χ4v) is 4.16. The molecule has 0 aliphatic carbocycles. The van der Waals surface area contributed by atoms with E-state index in [2.05, 4.69) is 34.0 Å². The molecule has 0 bridgehead atoms. The molecular formula is C21H17N3O2S2. The van der Waals surface area contributed by atoms with Gasteiger partial charge in [0, 0.05) is 22.5 Å². The largest absolute Gasteiger partial charge is 0.459 e. The van der Waals surface area contributed by atoms with Crippen LogP contribution in [-0.2, 0) is 22.6 Å². The van der Waals surface area contributed by atoms with Crippen molar-refractivity contribution in [3.8, 4) is 21.3 Å². The first-order chi connectivity index (χ1) is 13.7. The summed E-state index contributed by atoms with van der Waals surface area (Å²) in [6, 6.07) is 13.9. The number of esters is 1. The van der Waals surface area contributed by atoms with Crippen LogP contribution in [0.25, 0.3) is 21.3 Å². The molecule has 5 nitrogen and oxygen atoms in total. The zero-order chi connectivity index (χ0) is 19.3. The fourth-order valence-electron chi connectivity index (χ4n) is 2.55. The third kappa shape index (κ3) is 4.49. The highest BCUT2D eigenvalue weighted by Gasteiger charge is 2.12. The van der Waals surface area contributed by atoms with E-state index >= 15 is 0 Å². The van der Waals surface area contributed by atoms with E-state index in [1.807, 2.05) is 41.1 Å². The van der Waals surface area contributed by atoms with E-state index in [1.165, 1.54) is 16.9 Å². The highest BCUT2D eigenvalue weighted by atomic mass is 32.1. The smallest absolute Gasteiger partial charge is 0.312 e. The van der Waals surface area contributed by atoms with E-state index in [0.29, 0.717) is 5.69 Å². The molecule has 0 radical (unpaired) electrons. The number of benzene rings is 1. The van der Waals surface area contributed by atoms with Crippen molar-refractivity contribution >= 4 is 28.6 Å². The second-order valence-electron chi connectivity index (χ2n) is 6.21. The van der Waals surface area contributed by atoms with Crippen molar-refractivity contribution in [1.29, 1.82) is 0 Å². The predicted octanol–water partition coefficient (Wildman–Crippen LogP) is 4.92. The SMILES string of the molecule is Cc1ccc(-c2nc(COC(=O)Cc3csc(-c4ccccn4)n3)cs2)cc1. The minimum atomic E-state index is -0.317. The number of hydrogen-bond acceptors (Lipinski definition) is 7. The predicted molar refractivity (Wildman–Crippen MR) is 111 cm³/mol. The molecule has 0 saturated carbocycles. The summed E-state index contributed by atoms with van der Waals surface area (Å²) in [7, 11) is 0. The van der Waals surface area contributed by atoms with Crippen LogP contribution in [0.2, 0.25) is 0 Å². The van der Waals surface area contributed by atoms with Crippen molar-refractivity contribution in [2.24, 2.45) is 0 Å². The summed E-state index contributed by atoms with van der Waals surface area (Å²) in [6.07, 6.45) is 1.86. The Hall–Kier alpha value is -2.90. The maximum Gasteiger partial charge on any atom is 0.312 e. The van der Waals surface area contributed by atoms with Gasteiger partial charge < -0.3 is 4.74 Å². The summed E-state index contributed by atoms with van der Waals surface area (Å²) < 4.78 is 5.37. The lowest BCUT2D eigenvalue weighted by molar-refractivity contribution is -0.144. The van der Waals surface area contributed by atoms with Gasteiger partial charge >= 0.3 is 5.97 Å². The summed E-state index contributed by atoms with van der Waals surface area (Å²) in [4.78, 5) is 25.4. The number of pyridine rings is 1. The molecule has 0 fully saturated rings. The number of rotatable bonds is 6. The first kappa shape index (κ1) is 18.5. The maximum atomic E-state index is 12.1. The molecule has 0 N–H and O–H groups in total. The number of ether oxygens (including phenoxy) is 1. The third-order valence-corrected chi connectivity index (χ3v) is 5.85. The minimum Gasteiger partial charge on any atom is -0.459 e. The Labute approximate surface area is 170 Å². The number of nitrogens with zero attached hydrogens (tertiary/aromatic N) is 3. The molecule has 1 aromatic carbocycles. The molecule has 0 atom stereocenters. The van der Waals surface area contributed by atoms with E-state index < -0.39 is 0 Å². The average molecular weight is 408 g/mol. The number of hydrogen-bond donors (Lipinski definition) is 0. The molecule has 3 aromatic heterocycles. The van der Waals surface area contributed by atoms with E-state index in [4.69, 9.17) is 4.74 Å². The first-order valence-corrected chi connectivity index (χ1v) is 10.5. The van der Waals surface area contributed by atoms with Crippen molar-refractivity contribution in [3.63, 3.8) is 0 Å². The zero-order valence-corrected chi connectivity index (χ0v) is 16.8. The van der Waals surface area contributed by atoms with Crippen LogP contribution in [0.1, 0.15) is 17.0 Å². The number of aromatic nitrogens is 3. The van der Waals surface area contributed by atoms with Gasteiger partial charge in [0.2, 0.25) is 0 Å². The summed E-state index contributed by atoms with van der Waals surface area (Å²) >= 11 is 3.01. The molecule has 7 heteroatoms. The summed E-state index contributed by atoms with van der Waals surface area (Å²) in [5, 5.41) is 5.50. The molecule has 140 valence electrons. The van der Waals surface area contributed by atoms with E-state index in [-0.39, 0.29) is 19.0 Å². The lowest BCUT2D eigenvalue weighted by Crippen LogP contribution is -2.08. The summed E-state index contributed by atoms with van der Waals surface area (Å²) in [6.45, 7) is 2.22. The van der Waals surface area contributed by atoms with Crippen LogP contribution in [0.5, 0.6) is 0 Å². The molecule has 0 amide bonds. The maximum absolute atomic E-state index is 12.1. The van der Waals surface area contributed by atoms with Gasteiger partial charge in [0.1, 0.15) is 16.6 Å². The number of thiazole rings is 2. The van der Waals surface area contributed by atoms with Crippen LogP contribution < -0.4 is 0 Å². The van der Waals surface area contributed by atoms with Crippen molar-refractivity contribution in [2.75, 3.05) is 0 Å². The Morgan fingerprint density at radius 1 is 0.964 bits per heavy atom. The Morgan fingerprint density at radius 2 is 1.71 bits per heavy atom. The standard InChI is InChI=1S/C21H17N3O2S2/c1-14-5-7-15(8-6-14)20-24-17(13-27-20)11-26-19(25)10-16-12-28-21(23-16)18-4-2-3-9-22-18/h2-9,12-13H,10-11H2,1H3. The molecule has 4 rings (SSSR count). The highest BCUT2D eigenvalue weighted by molar-refractivity contribution is 7.13. The molecular weight excluding hydrogens is 390 g/mol. The van der Waals surface area contributed by atoms with Crippen LogP contribution in [0.15, 0.2) is 59.4 Å². The lowest BCUT2D eigenvalue weighted by atomic mass is 10.2. The summed E-state index contributed by atoms with van der Waals surface area (Å²) in [5.74, 6) is -0.317. The molecule has 0 aliphatic heterocycles. The van der Waals surface area contributed by atoms with Crippen molar-refractivity contribution in [3.05, 3.63) is 76.4 Å². The van der Waals surface area contributed by atoms with Crippen LogP contribution >= 0.6 is 22.7 Å². The molecule has 0 unspecified atom stereocenters. The van der Waals surface area contributed by atoms with E-state index in [0.717, 1.165) is 27.0 Å². The van der Waals surface area contributed by atoms with Gasteiger partial charge in [-0.05, 0) is 19.1 Å². The lowest BCUT2D eigenvalue weighted by Gasteiger charge is -2.01. The quantitative estimate of drug-likeness (QED) is 0.424. The zero-order valence-electron chi connectivity index (χ0n) is 15.2. The van der Waals surface area contributed by atoms with E-state index in [9.17, 15) is 4.79 Å². The number of carbonyl (C=O) groups is 1. The van der Waals surface area contributed by atoms with Crippen molar-refractivity contribution < 1.29 is 9.53 Å². The van der Waals surface area contributed by atoms with Crippen molar-refractivity contribution in [2.45, 2.75) is 20.0 Å². The average Bonchev–Trinajstić information content (AvgIpc) is 3.37. The second kappa shape index (κ2) is 8.41. The van der Waals surface area contributed by atoms with Gasteiger partial charge in [0.25, 0.3) is 0 Å². The Bertz CT molecular complexity index is 1070.